The Morgan fingerprint density at radius 2 is 1.04 bits per heavy atom. The zero-order valence-corrected chi connectivity index (χ0v) is 27.2. The Kier molecular flexibility index (Phi) is 6.51. The van der Waals surface area contributed by atoms with Crippen LogP contribution in [0.3, 0.4) is 0 Å². The third kappa shape index (κ3) is 4.53. The molecule has 2 heterocycles. The van der Waals surface area contributed by atoms with Crippen LogP contribution >= 0.6 is 27.3 Å². The molecular weight excluding hydrogens is 644 g/mol. The van der Waals surface area contributed by atoms with Crippen molar-refractivity contribution < 1.29 is 0 Å². The summed E-state index contributed by atoms with van der Waals surface area (Å²) in [5.41, 5.74) is 9.34. The Balaban J connectivity index is 1.27. The van der Waals surface area contributed by atoms with Crippen LogP contribution in [0.15, 0.2) is 168 Å². The average Bonchev–Trinajstić information content (AvgIpc) is 3.63. The van der Waals surface area contributed by atoms with Crippen molar-refractivity contribution >= 4 is 86.3 Å². The lowest BCUT2D eigenvalue weighted by molar-refractivity contribution is 1.18. The maximum atomic E-state index is 3.56. The van der Waals surface area contributed by atoms with Gasteiger partial charge in [-0.15, -0.1) is 11.3 Å². The maximum absolute atomic E-state index is 3.56. The molecule has 9 aromatic rings. The van der Waals surface area contributed by atoms with E-state index < -0.39 is 0 Å². The van der Waals surface area contributed by atoms with Gasteiger partial charge in [0, 0.05) is 58.2 Å². The molecule has 0 N–H and O–H groups in total. The molecule has 2 aromatic heterocycles. The van der Waals surface area contributed by atoms with E-state index in [1.165, 1.54) is 53.1 Å². The Morgan fingerprint density at radius 3 is 1.80 bits per heavy atom. The quantitative estimate of drug-likeness (QED) is 0.177. The largest absolute Gasteiger partial charge is 0.310 e. The van der Waals surface area contributed by atoms with Crippen molar-refractivity contribution in [1.29, 1.82) is 0 Å². The first kappa shape index (κ1) is 27.2. The van der Waals surface area contributed by atoms with Crippen LogP contribution in [0.5, 0.6) is 0 Å². The van der Waals surface area contributed by atoms with E-state index in [1.807, 2.05) is 11.3 Å². The van der Waals surface area contributed by atoms with Gasteiger partial charge in [0.1, 0.15) is 0 Å². The van der Waals surface area contributed by atoms with Crippen LogP contribution < -0.4 is 4.90 Å². The van der Waals surface area contributed by atoms with Gasteiger partial charge in [0.15, 0.2) is 0 Å². The molecule has 0 fully saturated rings. The molecule has 46 heavy (non-hydrogen) atoms. The minimum absolute atomic E-state index is 1.08. The molecule has 0 aliphatic carbocycles. The summed E-state index contributed by atoms with van der Waals surface area (Å²) < 4.78 is 6.14. The van der Waals surface area contributed by atoms with Gasteiger partial charge in [-0.2, -0.15) is 0 Å². The molecule has 218 valence electrons. The minimum Gasteiger partial charge on any atom is -0.310 e. The fraction of sp³-hybridized carbons (Fsp3) is 0. The molecule has 7 aromatic carbocycles. The lowest BCUT2D eigenvalue weighted by Crippen LogP contribution is -2.09. The van der Waals surface area contributed by atoms with Crippen molar-refractivity contribution in [3.05, 3.63) is 168 Å². The predicted octanol–water partition coefficient (Wildman–Crippen LogP) is 13.1. The zero-order valence-electron chi connectivity index (χ0n) is 24.8. The minimum atomic E-state index is 1.08. The summed E-state index contributed by atoms with van der Waals surface area (Å²) in [4.78, 5) is 2.36. The molecular formula is C42H27BrN2S. The summed E-state index contributed by atoms with van der Waals surface area (Å²) in [6.45, 7) is 0. The van der Waals surface area contributed by atoms with E-state index in [0.717, 1.165) is 27.2 Å². The highest BCUT2D eigenvalue weighted by Crippen LogP contribution is 2.43. The molecule has 4 heteroatoms. The molecule has 0 saturated heterocycles. The molecule has 0 aliphatic rings. The number of hydrogen-bond acceptors (Lipinski definition) is 2. The highest BCUT2D eigenvalue weighted by atomic mass is 79.9. The average molecular weight is 672 g/mol. The Bertz CT molecular complexity index is 2510. The van der Waals surface area contributed by atoms with Crippen LogP contribution in [0.2, 0.25) is 0 Å². The van der Waals surface area contributed by atoms with Gasteiger partial charge in [-0.05, 0) is 96.1 Å². The van der Waals surface area contributed by atoms with Crippen molar-refractivity contribution in [3.8, 4) is 16.8 Å². The number of para-hydroxylation sites is 2. The van der Waals surface area contributed by atoms with Gasteiger partial charge in [-0.25, -0.2) is 0 Å². The van der Waals surface area contributed by atoms with E-state index in [-0.39, 0.29) is 0 Å². The summed E-state index contributed by atoms with van der Waals surface area (Å²) in [5, 5.41) is 5.13. The summed E-state index contributed by atoms with van der Waals surface area (Å²) in [7, 11) is 0. The van der Waals surface area contributed by atoms with Crippen LogP contribution in [-0.4, -0.2) is 4.57 Å². The Labute approximate surface area is 279 Å². The second-order valence-corrected chi connectivity index (χ2v) is 13.6. The number of rotatable bonds is 5. The van der Waals surface area contributed by atoms with Crippen molar-refractivity contribution in [2.45, 2.75) is 0 Å². The van der Waals surface area contributed by atoms with E-state index >= 15 is 0 Å². The van der Waals surface area contributed by atoms with E-state index in [4.69, 9.17) is 0 Å². The first-order chi connectivity index (χ1) is 22.7. The molecule has 9 rings (SSSR count). The highest BCUT2D eigenvalue weighted by molar-refractivity contribution is 9.10. The molecule has 0 bridgehead atoms. The van der Waals surface area contributed by atoms with Gasteiger partial charge in [0.25, 0.3) is 0 Å². The van der Waals surface area contributed by atoms with Crippen LogP contribution in [0.4, 0.5) is 17.1 Å². The zero-order chi connectivity index (χ0) is 30.6. The summed E-state index contributed by atoms with van der Waals surface area (Å²) in [6.07, 6.45) is 0. The topological polar surface area (TPSA) is 8.17 Å². The fourth-order valence-electron chi connectivity index (χ4n) is 6.69. The smallest absolute Gasteiger partial charge is 0.0548 e. The first-order valence-corrected chi connectivity index (χ1v) is 17.0. The van der Waals surface area contributed by atoms with Gasteiger partial charge in [0.2, 0.25) is 0 Å². The number of anilines is 3. The van der Waals surface area contributed by atoms with Gasteiger partial charge >= 0.3 is 0 Å². The lowest BCUT2D eigenvalue weighted by atomic mass is 10.0. The van der Waals surface area contributed by atoms with Gasteiger partial charge in [-0.3, -0.25) is 0 Å². The number of aromatic nitrogens is 1. The molecule has 0 radical (unpaired) electrons. The Morgan fingerprint density at radius 1 is 0.435 bits per heavy atom. The second-order valence-electron chi connectivity index (χ2n) is 11.6. The fourth-order valence-corrected chi connectivity index (χ4v) is 8.08. The van der Waals surface area contributed by atoms with E-state index in [1.54, 1.807) is 0 Å². The van der Waals surface area contributed by atoms with E-state index in [0.29, 0.717) is 0 Å². The summed E-state index contributed by atoms with van der Waals surface area (Å²) >= 11 is 5.43. The third-order valence-corrected chi connectivity index (χ3v) is 10.5. The molecule has 2 nitrogen and oxygen atoms in total. The van der Waals surface area contributed by atoms with Crippen LogP contribution in [0.25, 0.3) is 58.8 Å². The van der Waals surface area contributed by atoms with Crippen molar-refractivity contribution in [2.24, 2.45) is 0 Å². The normalized spacial score (nSPS) is 11.6. The molecule has 0 spiro atoms. The van der Waals surface area contributed by atoms with Crippen LogP contribution in [-0.2, 0) is 0 Å². The standard InChI is InChI=1S/C42H27BrN2S/c43-30-19-15-28(16-20-30)29-17-21-33(22-18-29)44(31-9-3-1-4-10-31)34-23-24-39-36(25-34)37-27-42-38(35-13-7-8-14-41(35)46-42)26-40(37)45(39)32-11-5-2-6-12-32/h1-27H. The maximum Gasteiger partial charge on any atom is 0.0548 e. The summed E-state index contributed by atoms with van der Waals surface area (Å²) in [5.74, 6) is 0. The summed E-state index contributed by atoms with van der Waals surface area (Å²) in [6, 6.07) is 59.2. The van der Waals surface area contributed by atoms with Crippen LogP contribution in [0.1, 0.15) is 0 Å². The van der Waals surface area contributed by atoms with E-state index in [2.05, 4.69) is 189 Å². The number of fused-ring (bicyclic) bond motifs is 6. The first-order valence-electron chi connectivity index (χ1n) is 15.4. The van der Waals surface area contributed by atoms with Gasteiger partial charge in [0.05, 0.1) is 11.0 Å². The van der Waals surface area contributed by atoms with E-state index in [9.17, 15) is 0 Å². The number of halogens is 1. The second kappa shape index (κ2) is 11.0. The number of nitrogens with zero attached hydrogens (tertiary/aromatic N) is 2. The number of benzene rings is 7. The van der Waals surface area contributed by atoms with Gasteiger partial charge in [-0.1, -0.05) is 94.8 Å². The van der Waals surface area contributed by atoms with Crippen molar-refractivity contribution in [1.82, 2.24) is 4.57 Å². The number of thiophene rings is 1. The predicted molar refractivity (Wildman–Crippen MR) is 201 cm³/mol. The van der Waals surface area contributed by atoms with Crippen LogP contribution in [0, 0.1) is 0 Å². The molecule has 0 unspecified atom stereocenters. The lowest BCUT2D eigenvalue weighted by Gasteiger charge is -2.26. The van der Waals surface area contributed by atoms with Gasteiger partial charge < -0.3 is 9.47 Å². The third-order valence-electron chi connectivity index (χ3n) is 8.84. The SMILES string of the molecule is Brc1ccc(-c2ccc(N(c3ccccc3)c3ccc4c(c3)c3cc5sc6ccccc6c5cc3n4-c3ccccc3)cc2)cc1. The molecule has 0 saturated carbocycles. The molecule has 0 atom stereocenters. The number of hydrogen-bond donors (Lipinski definition) is 0. The Hall–Kier alpha value is -5.16. The molecule has 0 amide bonds. The highest BCUT2D eigenvalue weighted by Gasteiger charge is 2.19. The monoisotopic (exact) mass is 670 g/mol. The van der Waals surface area contributed by atoms with Crippen molar-refractivity contribution in [2.75, 3.05) is 4.90 Å². The molecule has 0 aliphatic heterocycles. The van der Waals surface area contributed by atoms with Crippen molar-refractivity contribution in [3.63, 3.8) is 0 Å².